The molecule has 0 aromatic rings. The van der Waals surface area contributed by atoms with Crippen molar-refractivity contribution in [1.82, 2.24) is 0 Å². The van der Waals surface area contributed by atoms with Crippen molar-refractivity contribution >= 4 is 45.9 Å². The van der Waals surface area contributed by atoms with Gasteiger partial charge in [-0.1, -0.05) is 49.3 Å². The van der Waals surface area contributed by atoms with Gasteiger partial charge in [-0.2, -0.15) is 0 Å². The molecule has 0 fully saturated rings. The monoisotopic (exact) mass is 352 g/mol. The molecule has 6 heteroatoms. The molecule has 0 rings (SSSR count). The maximum Gasteiger partial charge on any atom is 0.317 e. The van der Waals surface area contributed by atoms with Gasteiger partial charge in [-0.3, -0.25) is 4.79 Å². The summed E-state index contributed by atoms with van der Waals surface area (Å²) < 4.78 is 5.32. The second-order valence-electron chi connectivity index (χ2n) is 5.66. The maximum absolute atomic E-state index is 11.8. The summed E-state index contributed by atoms with van der Waals surface area (Å²) >= 11 is 1.23. The highest BCUT2D eigenvalue weighted by Gasteiger charge is 2.19. The van der Waals surface area contributed by atoms with Crippen LogP contribution >= 0.6 is 33.6 Å². The Balaban J connectivity index is 4.08. The summed E-state index contributed by atoms with van der Waals surface area (Å²) in [6.45, 7) is 8.53. The summed E-state index contributed by atoms with van der Waals surface area (Å²) in [6, 6.07) is 0. The summed E-state index contributed by atoms with van der Waals surface area (Å²) in [7, 11) is 3.58. The first-order valence-corrected chi connectivity index (χ1v) is 10.8. The van der Waals surface area contributed by atoms with Crippen LogP contribution in [0, 0.1) is 11.8 Å². The van der Waals surface area contributed by atoms with E-state index in [1.807, 2.05) is 10.8 Å². The van der Waals surface area contributed by atoms with Crippen LogP contribution in [0.25, 0.3) is 0 Å². The van der Waals surface area contributed by atoms with Crippen molar-refractivity contribution in [2.24, 2.45) is 11.8 Å². The molecule has 0 aliphatic heterocycles. The minimum atomic E-state index is -0.149. The van der Waals surface area contributed by atoms with Gasteiger partial charge >= 0.3 is 5.97 Å². The van der Waals surface area contributed by atoms with E-state index >= 15 is 0 Å². The van der Waals surface area contributed by atoms with Crippen LogP contribution in [-0.2, 0) is 13.8 Å². The fourth-order valence-electron chi connectivity index (χ4n) is 1.76. The van der Waals surface area contributed by atoms with Crippen molar-refractivity contribution < 1.29 is 13.8 Å². The predicted molar refractivity (Wildman–Crippen MR) is 96.6 cm³/mol. The molecule has 124 valence electrons. The fourth-order valence-corrected chi connectivity index (χ4v) is 4.91. The van der Waals surface area contributed by atoms with E-state index in [9.17, 15) is 9.59 Å². The summed E-state index contributed by atoms with van der Waals surface area (Å²) in [5.41, 5.74) is 0. The molecular formula is C15H28O3S3. The normalized spacial score (nSPS) is 14.2. The molecule has 2 unspecified atom stereocenters. The van der Waals surface area contributed by atoms with E-state index in [2.05, 4.69) is 34.0 Å². The Morgan fingerprint density at radius 3 is 2.19 bits per heavy atom. The summed E-state index contributed by atoms with van der Waals surface area (Å²) in [5, 5.41) is 0.675. The third-order valence-corrected chi connectivity index (χ3v) is 7.02. The largest absolute Gasteiger partial charge is 0.391 e. The lowest BCUT2D eigenvalue weighted by Crippen LogP contribution is -2.16. The SMILES string of the molecule is CSSC(CCC(=O)OSC(CCC=O)C(C)C)C(C)C. The van der Waals surface area contributed by atoms with E-state index in [0.29, 0.717) is 29.9 Å². The smallest absolute Gasteiger partial charge is 0.317 e. The van der Waals surface area contributed by atoms with Crippen LogP contribution in [0.5, 0.6) is 0 Å². The van der Waals surface area contributed by atoms with Crippen molar-refractivity contribution in [2.75, 3.05) is 6.26 Å². The summed E-state index contributed by atoms with van der Waals surface area (Å²) in [4.78, 5) is 22.3. The summed E-state index contributed by atoms with van der Waals surface area (Å²) in [5.74, 6) is 0.793. The highest BCUT2D eigenvalue weighted by Crippen LogP contribution is 2.32. The number of rotatable bonds is 12. The van der Waals surface area contributed by atoms with Crippen LogP contribution in [0.15, 0.2) is 0 Å². The van der Waals surface area contributed by atoms with Crippen LogP contribution in [0.2, 0.25) is 0 Å². The molecule has 0 radical (unpaired) electrons. The van der Waals surface area contributed by atoms with Crippen molar-refractivity contribution in [3.63, 3.8) is 0 Å². The maximum atomic E-state index is 11.8. The molecule has 0 amide bonds. The first-order chi connectivity index (χ1) is 9.92. The molecule has 2 atom stereocenters. The Morgan fingerprint density at radius 1 is 1.10 bits per heavy atom. The Morgan fingerprint density at radius 2 is 1.71 bits per heavy atom. The Kier molecular flexibility index (Phi) is 12.8. The second kappa shape index (κ2) is 12.7. The molecule has 0 bridgehead atoms. The van der Waals surface area contributed by atoms with Gasteiger partial charge in [0.25, 0.3) is 0 Å². The molecule has 0 heterocycles. The topological polar surface area (TPSA) is 43.4 Å². The zero-order valence-electron chi connectivity index (χ0n) is 13.7. The van der Waals surface area contributed by atoms with Gasteiger partial charge < -0.3 is 8.98 Å². The molecule has 21 heavy (non-hydrogen) atoms. The Labute approximate surface area is 141 Å². The molecule has 0 aliphatic carbocycles. The molecule has 0 spiro atoms. The van der Waals surface area contributed by atoms with Gasteiger partial charge in [-0.25, -0.2) is 0 Å². The molecule has 0 saturated heterocycles. The molecule has 0 N–H and O–H groups in total. The van der Waals surface area contributed by atoms with Crippen LogP contribution in [0.3, 0.4) is 0 Å². The minimum Gasteiger partial charge on any atom is -0.391 e. The molecule has 3 nitrogen and oxygen atoms in total. The Bertz CT molecular complexity index is 296. The molecule has 0 aromatic heterocycles. The van der Waals surface area contributed by atoms with Crippen LogP contribution in [0.4, 0.5) is 0 Å². The van der Waals surface area contributed by atoms with Crippen LogP contribution < -0.4 is 0 Å². The quantitative estimate of drug-likeness (QED) is 0.280. The number of hydrogen-bond acceptors (Lipinski definition) is 6. The zero-order chi connectivity index (χ0) is 16.3. The number of hydrogen-bond donors (Lipinski definition) is 0. The van der Waals surface area contributed by atoms with Gasteiger partial charge in [0.2, 0.25) is 0 Å². The van der Waals surface area contributed by atoms with E-state index in [0.717, 1.165) is 19.1 Å². The van der Waals surface area contributed by atoms with Gasteiger partial charge in [0, 0.05) is 23.3 Å². The predicted octanol–water partition coefficient (Wildman–Crippen LogP) is 5.00. The molecule has 0 aromatic carbocycles. The van der Waals surface area contributed by atoms with Crippen molar-refractivity contribution in [1.29, 1.82) is 0 Å². The number of carbonyl (C=O) groups excluding carboxylic acids is 2. The molecule has 0 aliphatic rings. The first kappa shape index (κ1) is 21.2. The minimum absolute atomic E-state index is 0.149. The van der Waals surface area contributed by atoms with E-state index in [4.69, 9.17) is 4.18 Å². The van der Waals surface area contributed by atoms with Crippen molar-refractivity contribution in [2.45, 2.75) is 63.9 Å². The summed E-state index contributed by atoms with van der Waals surface area (Å²) in [6.07, 6.45) is 5.58. The van der Waals surface area contributed by atoms with E-state index in [1.54, 1.807) is 10.8 Å². The fraction of sp³-hybridized carbons (Fsp3) is 0.867. The standard InChI is InChI=1S/C15H28O3S3/c1-11(2)13(7-6-10-16)20-18-15(17)9-8-14(12(3)4)21-19-5/h10-14H,6-9H2,1-5H3. The van der Waals surface area contributed by atoms with Gasteiger partial charge in [0.05, 0.1) is 12.0 Å². The number of carbonyl (C=O) groups is 2. The van der Waals surface area contributed by atoms with E-state index in [-0.39, 0.29) is 11.2 Å². The van der Waals surface area contributed by atoms with Crippen LogP contribution in [0.1, 0.15) is 53.4 Å². The zero-order valence-corrected chi connectivity index (χ0v) is 16.1. The van der Waals surface area contributed by atoms with Crippen molar-refractivity contribution in [3.8, 4) is 0 Å². The molecule has 0 saturated carbocycles. The van der Waals surface area contributed by atoms with E-state index < -0.39 is 0 Å². The average molecular weight is 353 g/mol. The lowest BCUT2D eigenvalue weighted by atomic mass is 10.1. The molecular weight excluding hydrogens is 324 g/mol. The van der Waals surface area contributed by atoms with E-state index in [1.165, 1.54) is 12.0 Å². The first-order valence-electron chi connectivity index (χ1n) is 7.41. The third-order valence-electron chi connectivity index (χ3n) is 3.17. The highest BCUT2D eigenvalue weighted by atomic mass is 33.1. The third kappa shape index (κ3) is 10.5. The van der Waals surface area contributed by atoms with Crippen LogP contribution in [-0.4, -0.2) is 29.0 Å². The van der Waals surface area contributed by atoms with Gasteiger partial charge in [0.15, 0.2) is 0 Å². The average Bonchev–Trinajstić information content (AvgIpc) is 2.42. The van der Waals surface area contributed by atoms with Gasteiger partial charge in [-0.05, 0) is 30.9 Å². The number of aldehydes is 1. The van der Waals surface area contributed by atoms with Crippen molar-refractivity contribution in [3.05, 3.63) is 0 Å². The highest BCUT2D eigenvalue weighted by molar-refractivity contribution is 8.76. The second-order valence-corrected chi connectivity index (χ2v) is 9.34. The van der Waals surface area contributed by atoms with Gasteiger partial charge in [0.1, 0.15) is 6.29 Å². The Hall–Kier alpha value is 0.190. The lowest BCUT2D eigenvalue weighted by molar-refractivity contribution is -0.133. The van der Waals surface area contributed by atoms with Gasteiger partial charge in [-0.15, -0.1) is 0 Å². The lowest BCUT2D eigenvalue weighted by Gasteiger charge is -2.19.